The number of halogens is 2. The molecule has 2 aliphatic carbocycles. The van der Waals surface area contributed by atoms with E-state index in [4.69, 9.17) is 0 Å². The molecule has 0 aromatic carbocycles. The van der Waals surface area contributed by atoms with Crippen molar-refractivity contribution in [1.29, 1.82) is 0 Å². The van der Waals surface area contributed by atoms with Crippen LogP contribution in [0.15, 0.2) is 0 Å². The average molecular weight is 174 g/mol. The summed E-state index contributed by atoms with van der Waals surface area (Å²) in [7, 11) is 0. The van der Waals surface area contributed by atoms with E-state index in [0.29, 0.717) is 0 Å². The van der Waals surface area contributed by atoms with Gasteiger partial charge < -0.3 is 0 Å². The lowest BCUT2D eigenvalue weighted by Gasteiger charge is -2.57. The van der Waals surface area contributed by atoms with Gasteiger partial charge in [-0.05, 0) is 24.2 Å². The van der Waals surface area contributed by atoms with Crippen LogP contribution < -0.4 is 0 Å². The minimum absolute atomic E-state index is 0.101. The number of hydrogen-bond donors (Lipinski definition) is 0. The molecule has 70 valence electrons. The average Bonchev–Trinajstić information content (AvgIpc) is 1.80. The minimum atomic E-state index is -2.31. The highest BCUT2D eigenvalue weighted by Gasteiger charge is 2.61. The van der Waals surface area contributed by atoms with Crippen LogP contribution >= 0.6 is 0 Å². The molecule has 2 rings (SSSR count). The Hall–Kier alpha value is -0.140. The Morgan fingerprint density at radius 1 is 1.25 bits per heavy atom. The maximum Gasteiger partial charge on any atom is 0.249 e. The van der Waals surface area contributed by atoms with Gasteiger partial charge in [0.2, 0.25) is 5.92 Å². The summed E-state index contributed by atoms with van der Waals surface area (Å²) in [6, 6.07) is 0. The second-order valence-corrected chi connectivity index (χ2v) is 4.77. The Labute approximate surface area is 72.3 Å². The summed E-state index contributed by atoms with van der Waals surface area (Å²) < 4.78 is 25.1. The molecule has 0 aromatic heterocycles. The summed E-state index contributed by atoms with van der Waals surface area (Å²) >= 11 is 0. The molecule has 0 saturated heterocycles. The lowest BCUT2D eigenvalue weighted by Crippen LogP contribution is -2.53. The Morgan fingerprint density at radius 2 is 1.83 bits per heavy atom. The Balaban J connectivity index is 1.76. The second-order valence-electron chi connectivity index (χ2n) is 4.77. The van der Waals surface area contributed by atoms with Crippen LogP contribution in [0.2, 0.25) is 0 Å². The van der Waals surface area contributed by atoms with Crippen molar-refractivity contribution in [3.8, 4) is 0 Å². The van der Waals surface area contributed by atoms with Gasteiger partial charge in [-0.2, -0.15) is 0 Å². The summed E-state index contributed by atoms with van der Waals surface area (Å²) in [5.41, 5.74) is 0.101. The van der Waals surface area contributed by atoms with Gasteiger partial charge in [-0.3, -0.25) is 0 Å². The fraction of sp³-hybridized carbons (Fsp3) is 1.00. The van der Waals surface area contributed by atoms with E-state index in [1.54, 1.807) is 0 Å². The molecular weight excluding hydrogens is 158 g/mol. The fourth-order valence-electron chi connectivity index (χ4n) is 3.11. The van der Waals surface area contributed by atoms with Crippen LogP contribution in [0.25, 0.3) is 0 Å². The van der Waals surface area contributed by atoms with Gasteiger partial charge in [0.15, 0.2) is 0 Å². The first-order chi connectivity index (χ1) is 5.55. The summed E-state index contributed by atoms with van der Waals surface area (Å²) in [5, 5.41) is 0. The molecule has 0 radical (unpaired) electrons. The van der Waals surface area contributed by atoms with Crippen molar-refractivity contribution in [3.05, 3.63) is 0 Å². The van der Waals surface area contributed by atoms with Crippen LogP contribution in [0, 0.1) is 11.3 Å². The lowest BCUT2D eigenvalue weighted by atomic mass is 9.50. The maximum atomic E-state index is 12.6. The molecule has 0 N–H and O–H groups in total. The highest BCUT2D eigenvalue weighted by Crippen LogP contribution is 2.65. The first-order valence-electron chi connectivity index (χ1n) is 4.93. The molecule has 2 aliphatic rings. The van der Waals surface area contributed by atoms with E-state index >= 15 is 0 Å². The van der Waals surface area contributed by atoms with Gasteiger partial charge in [0.05, 0.1) is 0 Å². The molecule has 0 bridgehead atoms. The van der Waals surface area contributed by atoms with E-state index in [-0.39, 0.29) is 18.3 Å². The van der Waals surface area contributed by atoms with Crippen LogP contribution in [-0.4, -0.2) is 5.92 Å². The third-order valence-corrected chi connectivity index (χ3v) is 3.41. The van der Waals surface area contributed by atoms with Gasteiger partial charge in [-0.15, -0.1) is 0 Å². The zero-order chi connectivity index (χ0) is 8.82. The van der Waals surface area contributed by atoms with Gasteiger partial charge in [-0.25, -0.2) is 8.78 Å². The van der Waals surface area contributed by atoms with E-state index in [0.717, 1.165) is 18.8 Å². The molecule has 0 aliphatic heterocycles. The molecule has 2 saturated carbocycles. The van der Waals surface area contributed by atoms with Gasteiger partial charge >= 0.3 is 0 Å². The molecule has 2 heteroatoms. The van der Waals surface area contributed by atoms with Gasteiger partial charge in [0.1, 0.15) is 0 Å². The number of rotatable bonds is 2. The van der Waals surface area contributed by atoms with E-state index in [1.165, 1.54) is 12.8 Å². The van der Waals surface area contributed by atoms with E-state index in [2.05, 4.69) is 6.92 Å². The van der Waals surface area contributed by atoms with Crippen LogP contribution in [0.3, 0.4) is 0 Å². The molecule has 0 heterocycles. The zero-order valence-corrected chi connectivity index (χ0v) is 7.58. The van der Waals surface area contributed by atoms with Crippen LogP contribution in [0.4, 0.5) is 8.78 Å². The van der Waals surface area contributed by atoms with Crippen molar-refractivity contribution in [1.82, 2.24) is 0 Å². The third kappa shape index (κ3) is 1.25. The summed E-state index contributed by atoms with van der Waals surface area (Å²) in [4.78, 5) is 0. The van der Waals surface area contributed by atoms with Crippen molar-refractivity contribution < 1.29 is 8.78 Å². The predicted octanol–water partition coefficient (Wildman–Crippen LogP) is 3.61. The SMILES string of the molecule is CCCC1CC2(C1)CC(F)(F)C2. The second kappa shape index (κ2) is 2.43. The van der Waals surface area contributed by atoms with Gasteiger partial charge in [-0.1, -0.05) is 19.8 Å². The van der Waals surface area contributed by atoms with Gasteiger partial charge in [0.25, 0.3) is 0 Å². The molecule has 12 heavy (non-hydrogen) atoms. The topological polar surface area (TPSA) is 0 Å². The van der Waals surface area contributed by atoms with Crippen molar-refractivity contribution in [2.75, 3.05) is 0 Å². The largest absolute Gasteiger partial charge is 0.249 e. The summed E-state index contributed by atoms with van der Waals surface area (Å²) in [5.74, 6) is -1.54. The molecule has 2 fully saturated rings. The molecule has 0 aromatic rings. The molecular formula is C10H16F2. The number of hydrogen-bond acceptors (Lipinski definition) is 0. The van der Waals surface area contributed by atoms with Crippen molar-refractivity contribution >= 4 is 0 Å². The monoisotopic (exact) mass is 174 g/mol. The van der Waals surface area contributed by atoms with Crippen molar-refractivity contribution in [3.63, 3.8) is 0 Å². The Morgan fingerprint density at radius 3 is 2.25 bits per heavy atom. The fourth-order valence-corrected chi connectivity index (χ4v) is 3.11. The van der Waals surface area contributed by atoms with E-state index < -0.39 is 5.92 Å². The Bertz CT molecular complexity index is 170. The molecule has 0 nitrogen and oxygen atoms in total. The van der Waals surface area contributed by atoms with Crippen LogP contribution in [0.5, 0.6) is 0 Å². The summed E-state index contributed by atoms with van der Waals surface area (Å²) in [6.07, 6.45) is 4.97. The van der Waals surface area contributed by atoms with Crippen molar-refractivity contribution in [2.45, 2.75) is 51.4 Å². The predicted molar refractivity (Wildman–Crippen MR) is 44.2 cm³/mol. The third-order valence-electron chi connectivity index (χ3n) is 3.41. The first-order valence-corrected chi connectivity index (χ1v) is 4.93. The maximum absolute atomic E-state index is 12.6. The van der Waals surface area contributed by atoms with Crippen LogP contribution in [-0.2, 0) is 0 Å². The lowest BCUT2D eigenvalue weighted by molar-refractivity contribution is -0.207. The minimum Gasteiger partial charge on any atom is -0.207 e. The standard InChI is InChI=1S/C10H16F2/c1-2-3-8-4-9(5-8)6-10(11,12)7-9/h8H,2-7H2,1H3. The normalized spacial score (nSPS) is 31.2. The highest BCUT2D eigenvalue weighted by atomic mass is 19.3. The van der Waals surface area contributed by atoms with Gasteiger partial charge in [0, 0.05) is 12.8 Å². The van der Waals surface area contributed by atoms with Crippen LogP contribution in [0.1, 0.15) is 45.4 Å². The summed E-state index contributed by atoms with van der Waals surface area (Å²) in [6.45, 7) is 2.17. The molecule has 1 spiro atoms. The first kappa shape index (κ1) is 8.46. The molecule has 0 atom stereocenters. The quantitative estimate of drug-likeness (QED) is 0.600. The van der Waals surface area contributed by atoms with E-state index in [9.17, 15) is 8.78 Å². The molecule has 0 amide bonds. The van der Waals surface area contributed by atoms with Crippen molar-refractivity contribution in [2.24, 2.45) is 11.3 Å². The van der Waals surface area contributed by atoms with E-state index in [1.807, 2.05) is 0 Å². The molecule has 0 unspecified atom stereocenters. The smallest absolute Gasteiger partial charge is 0.207 e. The highest BCUT2D eigenvalue weighted by molar-refractivity contribution is 5.06. The zero-order valence-electron chi connectivity index (χ0n) is 7.58. The Kier molecular flexibility index (Phi) is 1.71. The number of alkyl halides is 2.